The van der Waals surface area contributed by atoms with E-state index >= 15 is 0 Å². The van der Waals surface area contributed by atoms with Crippen molar-refractivity contribution in [2.24, 2.45) is 29.6 Å². The summed E-state index contributed by atoms with van der Waals surface area (Å²) in [6.45, 7) is 15.8. The first-order valence-electron chi connectivity index (χ1n) is 15.5. The van der Waals surface area contributed by atoms with Gasteiger partial charge < -0.3 is 10.2 Å². The molecule has 2 N–H and O–H groups in total. The Kier molecular flexibility index (Phi) is 10.2. The molecule has 0 radical (unpaired) electrons. The van der Waals surface area contributed by atoms with Gasteiger partial charge in [0, 0.05) is 47.5 Å². The van der Waals surface area contributed by atoms with Crippen LogP contribution in [0.25, 0.3) is 0 Å². The fourth-order valence-corrected chi connectivity index (χ4v) is 9.10. The van der Waals surface area contributed by atoms with Gasteiger partial charge in [0.15, 0.2) is 0 Å². The molecule has 0 aromatic carbocycles. The third-order valence-electron chi connectivity index (χ3n) is 10.6. The number of amides is 1. The summed E-state index contributed by atoms with van der Waals surface area (Å²) in [5, 5.41) is 6.43. The molecule has 1 amide bonds. The molecule has 0 spiro atoms. The van der Waals surface area contributed by atoms with Crippen molar-refractivity contribution in [3.8, 4) is 0 Å². The topological polar surface area (TPSA) is 47.6 Å². The number of hydrazine groups is 1. The average Bonchev–Trinajstić information content (AvgIpc) is 3.25. The molecule has 2 saturated heterocycles. The number of hydrogen-bond acceptors (Lipinski definition) is 4. The first-order valence-corrected chi connectivity index (χ1v) is 16.5. The molecule has 4 aliphatic rings. The van der Waals surface area contributed by atoms with Gasteiger partial charge in [-0.1, -0.05) is 63.9 Å². The Morgan fingerprint density at radius 1 is 1.06 bits per heavy atom. The SMILES string of the molecule is CCCC1NN(C2CCC(C(C)C)CC2)C2CCN(C(=O)C3CCC(Br)C(C)C3NCC)C(CC)C12. The van der Waals surface area contributed by atoms with Gasteiger partial charge in [-0.2, -0.15) is 0 Å². The van der Waals surface area contributed by atoms with Crippen LogP contribution in [0.1, 0.15) is 106 Å². The molecule has 2 saturated carbocycles. The molecule has 4 fully saturated rings. The van der Waals surface area contributed by atoms with Gasteiger partial charge in [0.25, 0.3) is 0 Å². The number of rotatable bonds is 8. The van der Waals surface area contributed by atoms with E-state index in [1.165, 1.54) is 38.5 Å². The lowest BCUT2D eigenvalue weighted by Gasteiger charge is -2.49. The van der Waals surface area contributed by atoms with Crippen molar-refractivity contribution in [3.63, 3.8) is 0 Å². The van der Waals surface area contributed by atoms with Crippen LogP contribution in [0.3, 0.4) is 0 Å². The van der Waals surface area contributed by atoms with E-state index in [0.29, 0.717) is 46.7 Å². The molecule has 5 nitrogen and oxygen atoms in total. The average molecular weight is 568 g/mol. The zero-order chi connectivity index (χ0) is 26.0. The van der Waals surface area contributed by atoms with Gasteiger partial charge in [0.2, 0.25) is 5.91 Å². The van der Waals surface area contributed by atoms with E-state index < -0.39 is 0 Å². The third-order valence-corrected chi connectivity index (χ3v) is 11.8. The van der Waals surface area contributed by atoms with E-state index in [0.717, 1.165) is 50.6 Å². The molecule has 8 unspecified atom stereocenters. The predicted octanol–water partition coefficient (Wildman–Crippen LogP) is 5.97. The Morgan fingerprint density at radius 3 is 2.39 bits per heavy atom. The first-order chi connectivity index (χ1) is 17.3. The predicted molar refractivity (Wildman–Crippen MR) is 154 cm³/mol. The number of fused-ring (bicyclic) bond motifs is 1. The quantitative estimate of drug-likeness (QED) is 0.355. The number of nitrogens with one attached hydrogen (secondary N) is 2. The van der Waals surface area contributed by atoms with Gasteiger partial charge >= 0.3 is 0 Å². The van der Waals surface area contributed by atoms with Gasteiger partial charge in [0.1, 0.15) is 0 Å². The monoisotopic (exact) mass is 566 g/mol. The molecule has 0 aromatic heterocycles. The molecule has 208 valence electrons. The second kappa shape index (κ2) is 12.8. The summed E-state index contributed by atoms with van der Waals surface area (Å²) in [4.78, 5) is 17.1. The number of nitrogens with zero attached hydrogens (tertiary/aromatic N) is 2. The van der Waals surface area contributed by atoms with Crippen molar-refractivity contribution in [1.82, 2.24) is 20.7 Å². The molecule has 36 heavy (non-hydrogen) atoms. The highest BCUT2D eigenvalue weighted by Crippen LogP contribution is 2.43. The van der Waals surface area contributed by atoms with Crippen LogP contribution in [-0.4, -0.2) is 63.9 Å². The smallest absolute Gasteiger partial charge is 0.227 e. The summed E-state index contributed by atoms with van der Waals surface area (Å²) in [5.74, 6) is 3.28. The van der Waals surface area contributed by atoms with Crippen molar-refractivity contribution in [2.75, 3.05) is 13.1 Å². The number of carbonyl (C=O) groups is 1. The Hall–Kier alpha value is -0.170. The van der Waals surface area contributed by atoms with E-state index in [1.807, 2.05) is 0 Å². The summed E-state index contributed by atoms with van der Waals surface area (Å²) < 4.78 is 0. The van der Waals surface area contributed by atoms with Crippen LogP contribution in [0.2, 0.25) is 0 Å². The van der Waals surface area contributed by atoms with Crippen LogP contribution in [0.5, 0.6) is 0 Å². The fraction of sp³-hybridized carbons (Fsp3) is 0.967. The largest absolute Gasteiger partial charge is 0.339 e. The summed E-state index contributed by atoms with van der Waals surface area (Å²) in [6, 6.07) is 2.39. The van der Waals surface area contributed by atoms with E-state index in [1.54, 1.807) is 0 Å². The molecule has 2 aliphatic heterocycles. The van der Waals surface area contributed by atoms with E-state index in [9.17, 15) is 4.79 Å². The molecule has 2 heterocycles. The Morgan fingerprint density at radius 2 is 1.78 bits per heavy atom. The van der Waals surface area contributed by atoms with Crippen molar-refractivity contribution in [2.45, 2.75) is 141 Å². The minimum absolute atomic E-state index is 0.112. The molecule has 2 aliphatic carbocycles. The molecule has 0 aromatic rings. The van der Waals surface area contributed by atoms with E-state index in [4.69, 9.17) is 0 Å². The van der Waals surface area contributed by atoms with Crippen LogP contribution < -0.4 is 10.7 Å². The number of halogens is 1. The van der Waals surface area contributed by atoms with E-state index in [2.05, 4.69) is 78.1 Å². The molecule has 4 rings (SSSR count). The summed E-state index contributed by atoms with van der Waals surface area (Å²) >= 11 is 3.90. The lowest BCUT2D eigenvalue weighted by atomic mass is 9.74. The van der Waals surface area contributed by atoms with Gasteiger partial charge in [-0.25, -0.2) is 5.01 Å². The van der Waals surface area contributed by atoms with E-state index in [-0.39, 0.29) is 12.0 Å². The van der Waals surface area contributed by atoms with Crippen LogP contribution in [-0.2, 0) is 4.79 Å². The van der Waals surface area contributed by atoms with Crippen LogP contribution in [0.4, 0.5) is 0 Å². The maximum absolute atomic E-state index is 14.2. The summed E-state index contributed by atoms with van der Waals surface area (Å²) in [6.07, 6.45) is 12.1. The van der Waals surface area contributed by atoms with Crippen molar-refractivity contribution in [3.05, 3.63) is 0 Å². The Balaban J connectivity index is 1.51. The van der Waals surface area contributed by atoms with Crippen molar-refractivity contribution >= 4 is 21.8 Å². The molecule has 0 bridgehead atoms. The standard InChI is InChI=1S/C30H55BrN4O/c1-7-10-25-28-26(8-2)34(30(36)23-15-16-24(31)20(6)29(23)32-9-3)18-17-27(28)35(33-25)22-13-11-21(12-14-22)19(4)5/h19-29,32-33H,7-18H2,1-6H3. The molecular formula is C30H55BrN4O. The number of likely N-dealkylation sites (tertiary alicyclic amines) is 1. The van der Waals surface area contributed by atoms with Gasteiger partial charge in [0.05, 0.1) is 5.92 Å². The van der Waals surface area contributed by atoms with Gasteiger partial charge in [-0.05, 0) is 82.1 Å². The minimum atomic E-state index is 0.112. The summed E-state index contributed by atoms with van der Waals surface area (Å²) in [5.41, 5.74) is 4.07. The normalized spacial score (nSPS) is 42.1. The van der Waals surface area contributed by atoms with Gasteiger partial charge in [-0.3, -0.25) is 10.2 Å². The van der Waals surface area contributed by atoms with Crippen LogP contribution in [0, 0.1) is 29.6 Å². The molecule has 6 heteroatoms. The highest BCUT2D eigenvalue weighted by molar-refractivity contribution is 9.09. The maximum Gasteiger partial charge on any atom is 0.227 e. The minimum Gasteiger partial charge on any atom is -0.339 e. The van der Waals surface area contributed by atoms with Gasteiger partial charge in [-0.15, -0.1) is 0 Å². The zero-order valence-corrected chi connectivity index (χ0v) is 25.6. The Labute approximate surface area is 230 Å². The van der Waals surface area contributed by atoms with Crippen LogP contribution in [0.15, 0.2) is 0 Å². The summed E-state index contributed by atoms with van der Waals surface area (Å²) in [7, 11) is 0. The number of carbonyl (C=O) groups excluding carboxylic acids is 1. The lowest BCUT2D eigenvalue weighted by Crippen LogP contribution is -2.61. The highest BCUT2D eigenvalue weighted by Gasteiger charge is 2.53. The van der Waals surface area contributed by atoms with Crippen molar-refractivity contribution in [1.29, 1.82) is 0 Å². The second-order valence-corrected chi connectivity index (χ2v) is 14.0. The third kappa shape index (κ3) is 5.72. The molecule has 8 atom stereocenters. The maximum atomic E-state index is 14.2. The zero-order valence-electron chi connectivity index (χ0n) is 24.0. The second-order valence-electron chi connectivity index (χ2n) is 12.8. The first kappa shape index (κ1) is 28.8. The number of alkyl halides is 1. The lowest BCUT2D eigenvalue weighted by molar-refractivity contribution is -0.145. The van der Waals surface area contributed by atoms with Crippen LogP contribution >= 0.6 is 15.9 Å². The van der Waals surface area contributed by atoms with Crippen molar-refractivity contribution < 1.29 is 4.79 Å². The highest BCUT2D eigenvalue weighted by atomic mass is 79.9. The Bertz CT molecular complexity index is 711. The molecular weight excluding hydrogens is 512 g/mol. The fourth-order valence-electron chi connectivity index (χ4n) is 8.51. The number of piperidine rings is 1. The number of hydrogen-bond donors (Lipinski definition) is 2.